The largest absolute Gasteiger partial charge is 0.428 e. The fourth-order valence-electron chi connectivity index (χ4n) is 0.269. The second-order valence-corrected chi connectivity index (χ2v) is 1.41. The van der Waals surface area contributed by atoms with Gasteiger partial charge in [0, 0.05) is 6.92 Å². The molecule has 0 aromatic rings. The van der Waals surface area contributed by atoms with Gasteiger partial charge in [0.2, 0.25) is 0 Å². The summed E-state index contributed by atoms with van der Waals surface area (Å²) in [7, 11) is 0. The van der Waals surface area contributed by atoms with Crippen molar-refractivity contribution in [3.63, 3.8) is 0 Å². The summed E-state index contributed by atoms with van der Waals surface area (Å²) in [5, 5.41) is 15.8. The number of nitrogens with zero attached hydrogens (tertiary/aromatic N) is 2. The Balaban J connectivity index is 4.29. The molecule has 0 rings (SSSR count). The third kappa shape index (κ3) is 2.10. The van der Waals surface area contributed by atoms with Gasteiger partial charge in [0.25, 0.3) is 0 Å². The van der Waals surface area contributed by atoms with Crippen molar-refractivity contribution in [2.45, 2.75) is 12.8 Å². The molecule has 5 heteroatoms. The van der Waals surface area contributed by atoms with Crippen LogP contribution in [0.4, 0.5) is 4.39 Å². The number of alkyl halides is 1. The monoisotopic (exact) mass is 142 g/mol. The molecule has 0 N–H and O–H groups in total. The highest BCUT2D eigenvalue weighted by molar-refractivity contribution is 5.67. The van der Waals surface area contributed by atoms with Crippen LogP contribution in [-0.2, 0) is 9.53 Å². The molecular weight excluding hydrogens is 139 g/mol. The first-order chi connectivity index (χ1) is 4.54. The summed E-state index contributed by atoms with van der Waals surface area (Å²) in [6, 6.07) is 1.78. The fraction of sp³-hybridized carbons (Fsp3) is 0.400. The molecule has 0 saturated carbocycles. The minimum Gasteiger partial charge on any atom is -0.404 e. The summed E-state index contributed by atoms with van der Waals surface area (Å²) < 4.78 is 16.0. The smallest absolute Gasteiger partial charge is 0.404 e. The Kier molecular flexibility index (Phi) is 2.34. The highest BCUT2D eigenvalue weighted by Gasteiger charge is 2.32. The van der Waals surface area contributed by atoms with Crippen LogP contribution in [0.1, 0.15) is 6.92 Å². The summed E-state index contributed by atoms with van der Waals surface area (Å²) in [5.41, 5.74) is 0. The second-order valence-electron chi connectivity index (χ2n) is 1.41. The summed E-state index contributed by atoms with van der Waals surface area (Å²) in [6.45, 7) is 0.906. The molecular formula is C5H3FN2O2. The van der Waals surface area contributed by atoms with Crippen molar-refractivity contribution in [1.82, 2.24) is 0 Å². The maximum atomic E-state index is 12.3. The number of nitriles is 2. The van der Waals surface area contributed by atoms with Crippen molar-refractivity contribution >= 4 is 5.97 Å². The first-order valence-electron chi connectivity index (χ1n) is 2.25. The maximum absolute atomic E-state index is 12.3. The molecule has 0 saturated heterocycles. The van der Waals surface area contributed by atoms with E-state index in [1.54, 1.807) is 0 Å². The van der Waals surface area contributed by atoms with Gasteiger partial charge < -0.3 is 4.74 Å². The lowest BCUT2D eigenvalue weighted by molar-refractivity contribution is -0.157. The second kappa shape index (κ2) is 2.79. The summed E-state index contributed by atoms with van der Waals surface area (Å²) in [5.74, 6) is -4.14. The Morgan fingerprint density at radius 1 is 1.60 bits per heavy atom. The van der Waals surface area contributed by atoms with Crippen LogP contribution in [0.2, 0.25) is 0 Å². The van der Waals surface area contributed by atoms with E-state index in [0.717, 1.165) is 19.1 Å². The van der Waals surface area contributed by atoms with E-state index >= 15 is 0 Å². The van der Waals surface area contributed by atoms with Gasteiger partial charge in [-0.05, 0) is 0 Å². The van der Waals surface area contributed by atoms with Crippen molar-refractivity contribution in [2.75, 3.05) is 0 Å². The van der Waals surface area contributed by atoms with E-state index in [0.29, 0.717) is 0 Å². The Morgan fingerprint density at radius 3 is 2.10 bits per heavy atom. The van der Waals surface area contributed by atoms with Crippen LogP contribution in [0.15, 0.2) is 0 Å². The SMILES string of the molecule is CC(=O)OC(F)(C#N)C#N. The molecule has 0 aliphatic heterocycles. The van der Waals surface area contributed by atoms with Crippen LogP contribution < -0.4 is 0 Å². The van der Waals surface area contributed by atoms with Crippen LogP contribution in [0, 0.1) is 22.7 Å². The number of rotatable bonds is 1. The van der Waals surface area contributed by atoms with E-state index in [1.165, 1.54) is 0 Å². The van der Waals surface area contributed by atoms with Gasteiger partial charge in [-0.25, -0.2) is 0 Å². The minimum absolute atomic E-state index is 0.889. The molecule has 0 atom stereocenters. The van der Waals surface area contributed by atoms with Crippen LogP contribution in [0.25, 0.3) is 0 Å². The number of ether oxygens (including phenoxy) is 1. The topological polar surface area (TPSA) is 73.9 Å². The Bertz CT molecular complexity index is 211. The fourth-order valence-corrected chi connectivity index (χ4v) is 0.269. The highest BCUT2D eigenvalue weighted by Crippen LogP contribution is 2.09. The zero-order valence-corrected chi connectivity index (χ0v) is 5.09. The molecule has 4 nitrogen and oxygen atoms in total. The molecule has 10 heavy (non-hydrogen) atoms. The van der Waals surface area contributed by atoms with Crippen LogP contribution in [0.3, 0.4) is 0 Å². The summed E-state index contributed by atoms with van der Waals surface area (Å²) in [4.78, 5) is 10.0. The van der Waals surface area contributed by atoms with Gasteiger partial charge >= 0.3 is 11.8 Å². The molecule has 0 amide bonds. The predicted octanol–water partition coefficient (Wildman–Crippen LogP) is 0.262. The van der Waals surface area contributed by atoms with E-state index < -0.39 is 11.8 Å². The molecule has 0 aliphatic carbocycles. The van der Waals surface area contributed by atoms with E-state index in [-0.39, 0.29) is 0 Å². The number of hydrogen-bond donors (Lipinski definition) is 0. The number of hydrogen-bond acceptors (Lipinski definition) is 4. The van der Waals surface area contributed by atoms with Gasteiger partial charge in [0.1, 0.15) is 0 Å². The number of carbonyl (C=O) groups is 1. The Morgan fingerprint density at radius 2 is 2.00 bits per heavy atom. The normalized spacial score (nSPS) is 9.20. The van der Waals surface area contributed by atoms with E-state index in [9.17, 15) is 9.18 Å². The predicted molar refractivity (Wildman–Crippen MR) is 26.8 cm³/mol. The lowest BCUT2D eigenvalue weighted by atomic mass is 10.4. The average molecular weight is 142 g/mol. The summed E-state index contributed by atoms with van der Waals surface area (Å²) >= 11 is 0. The molecule has 0 aromatic heterocycles. The molecule has 0 aliphatic rings. The molecule has 52 valence electrons. The number of halogens is 1. The quantitative estimate of drug-likeness (QED) is 0.492. The van der Waals surface area contributed by atoms with E-state index in [4.69, 9.17) is 10.5 Å². The van der Waals surface area contributed by atoms with E-state index in [2.05, 4.69) is 4.74 Å². The van der Waals surface area contributed by atoms with Gasteiger partial charge in [-0.3, -0.25) is 4.79 Å². The molecule has 0 unspecified atom stereocenters. The van der Waals surface area contributed by atoms with Crippen LogP contribution >= 0.6 is 0 Å². The van der Waals surface area contributed by atoms with Gasteiger partial charge in [0.05, 0.1) is 0 Å². The Labute approximate surface area is 56.4 Å². The third-order valence-corrected chi connectivity index (χ3v) is 0.572. The molecule has 0 fully saturated rings. The Hall–Kier alpha value is -1.62. The summed E-state index contributed by atoms with van der Waals surface area (Å²) in [6.07, 6.45) is 0. The molecule has 0 radical (unpaired) electrons. The number of carbonyl (C=O) groups excluding carboxylic acids is 1. The first kappa shape index (κ1) is 8.38. The zero-order valence-electron chi connectivity index (χ0n) is 5.09. The van der Waals surface area contributed by atoms with Crippen molar-refractivity contribution in [3.05, 3.63) is 0 Å². The molecule has 0 aromatic carbocycles. The van der Waals surface area contributed by atoms with Gasteiger partial charge in [-0.15, -0.1) is 0 Å². The lowest BCUT2D eigenvalue weighted by Crippen LogP contribution is -2.24. The van der Waals surface area contributed by atoms with Crippen molar-refractivity contribution < 1.29 is 13.9 Å². The average Bonchev–Trinajstić information content (AvgIpc) is 1.87. The highest BCUT2D eigenvalue weighted by atomic mass is 19.2. The van der Waals surface area contributed by atoms with Crippen molar-refractivity contribution in [2.24, 2.45) is 0 Å². The van der Waals surface area contributed by atoms with Gasteiger partial charge in [0.15, 0.2) is 12.1 Å². The van der Waals surface area contributed by atoms with Crippen molar-refractivity contribution in [3.8, 4) is 12.1 Å². The number of esters is 1. The third-order valence-electron chi connectivity index (χ3n) is 0.572. The lowest BCUT2D eigenvalue weighted by Gasteiger charge is -2.05. The maximum Gasteiger partial charge on any atom is 0.428 e. The molecule has 0 heterocycles. The van der Waals surface area contributed by atoms with Crippen LogP contribution in [0.5, 0.6) is 0 Å². The molecule has 0 spiro atoms. The van der Waals surface area contributed by atoms with Crippen LogP contribution in [-0.4, -0.2) is 11.8 Å². The van der Waals surface area contributed by atoms with E-state index in [1.807, 2.05) is 0 Å². The zero-order chi connectivity index (χ0) is 8.20. The minimum atomic E-state index is -3.13. The van der Waals surface area contributed by atoms with Gasteiger partial charge in [-0.1, -0.05) is 0 Å². The van der Waals surface area contributed by atoms with Gasteiger partial charge in [-0.2, -0.15) is 14.9 Å². The van der Waals surface area contributed by atoms with Crippen molar-refractivity contribution in [1.29, 1.82) is 10.5 Å². The standard InChI is InChI=1S/C5H3FN2O2/c1-4(9)10-5(6,2-7)3-8/h1H3. The molecule has 0 bridgehead atoms. The first-order valence-corrected chi connectivity index (χ1v) is 2.25.